The zero-order chi connectivity index (χ0) is 25.0. The van der Waals surface area contributed by atoms with Gasteiger partial charge in [0.25, 0.3) is 5.91 Å². The Labute approximate surface area is 205 Å². The fourth-order valence-electron chi connectivity index (χ4n) is 3.63. The lowest BCUT2D eigenvalue weighted by molar-refractivity contribution is -0.157. The topological polar surface area (TPSA) is 71.8 Å². The fourth-order valence-corrected chi connectivity index (χ4v) is 4.00. The van der Waals surface area contributed by atoms with E-state index in [9.17, 15) is 9.59 Å². The van der Waals surface area contributed by atoms with Crippen LogP contribution in [0, 0.1) is 0 Å². The maximum atomic E-state index is 13.4. The van der Waals surface area contributed by atoms with Crippen LogP contribution in [-0.4, -0.2) is 35.2 Å². The predicted octanol–water partition coefficient (Wildman–Crippen LogP) is 6.14. The number of benzene rings is 2. The van der Waals surface area contributed by atoms with Crippen LogP contribution in [0.2, 0.25) is 0 Å². The molecule has 0 radical (unpaired) electrons. The van der Waals surface area contributed by atoms with E-state index in [1.54, 1.807) is 33.8 Å². The van der Waals surface area contributed by atoms with Gasteiger partial charge in [-0.1, -0.05) is 36.9 Å². The number of fused-ring (bicyclic) bond motifs is 3. The highest BCUT2D eigenvalue weighted by Gasteiger charge is 2.26. The van der Waals surface area contributed by atoms with E-state index in [2.05, 4.69) is 18.0 Å². The van der Waals surface area contributed by atoms with Crippen molar-refractivity contribution >= 4 is 45.6 Å². The first-order chi connectivity index (χ1) is 16.0. The molecule has 0 aliphatic carbocycles. The number of hydrogen-bond donors (Lipinski definition) is 1. The van der Waals surface area contributed by atoms with Crippen molar-refractivity contribution in [3.8, 4) is 0 Å². The van der Waals surface area contributed by atoms with Gasteiger partial charge in [0, 0.05) is 16.8 Å². The molecular formula is C27H32N2O4S. The lowest BCUT2D eigenvalue weighted by atomic mass is 10.0. The maximum Gasteiger partial charge on any atom is 0.326 e. The van der Waals surface area contributed by atoms with E-state index in [-0.39, 0.29) is 18.5 Å². The number of carbonyl (C=O) groups is 2. The summed E-state index contributed by atoms with van der Waals surface area (Å²) in [6, 6.07) is 13.8. The van der Waals surface area contributed by atoms with Crippen LogP contribution in [0.25, 0.3) is 21.9 Å². The molecule has 1 atom stereocenters. The second-order valence-electron chi connectivity index (χ2n) is 9.00. The van der Waals surface area contributed by atoms with Gasteiger partial charge in [0.15, 0.2) is 0 Å². The number of esters is 1. The summed E-state index contributed by atoms with van der Waals surface area (Å²) in [5.74, 6) is -0.828. The molecule has 0 fully saturated rings. The Morgan fingerprint density at radius 3 is 2.50 bits per heavy atom. The van der Waals surface area contributed by atoms with Crippen LogP contribution in [-0.2, 0) is 14.3 Å². The Hall–Kier alpha value is -3.19. The minimum Gasteiger partial charge on any atom is -0.459 e. The SMILES string of the molecule is C=C(SC)N(CC(=O)OC(C)(C)C)C(=O)/C(=C\C)N[C@H](C)c1ccc2oc3ccccc3c2c1. The summed E-state index contributed by atoms with van der Waals surface area (Å²) in [5, 5.41) is 5.85. The number of thioether (sulfide) groups is 1. The van der Waals surface area contributed by atoms with Crippen LogP contribution in [0.4, 0.5) is 0 Å². The summed E-state index contributed by atoms with van der Waals surface area (Å²) in [4.78, 5) is 27.2. The average Bonchev–Trinajstić information content (AvgIpc) is 3.16. The highest BCUT2D eigenvalue weighted by molar-refractivity contribution is 8.02. The van der Waals surface area contributed by atoms with Crippen molar-refractivity contribution in [2.75, 3.05) is 12.8 Å². The van der Waals surface area contributed by atoms with Gasteiger partial charge in [-0.3, -0.25) is 14.5 Å². The Morgan fingerprint density at radius 2 is 1.85 bits per heavy atom. The van der Waals surface area contributed by atoms with Crippen molar-refractivity contribution in [3.05, 3.63) is 71.4 Å². The van der Waals surface area contributed by atoms with E-state index in [0.717, 1.165) is 27.5 Å². The minimum absolute atomic E-state index is 0.167. The molecule has 2 aromatic carbocycles. The van der Waals surface area contributed by atoms with Crippen LogP contribution in [0.15, 0.2) is 70.3 Å². The van der Waals surface area contributed by atoms with Crippen LogP contribution in [0.5, 0.6) is 0 Å². The number of nitrogens with zero attached hydrogens (tertiary/aromatic N) is 1. The Bertz CT molecular complexity index is 1250. The molecule has 1 heterocycles. The molecule has 0 unspecified atom stereocenters. The molecule has 1 amide bonds. The van der Waals surface area contributed by atoms with E-state index in [4.69, 9.17) is 9.15 Å². The third-order valence-electron chi connectivity index (χ3n) is 5.28. The molecule has 34 heavy (non-hydrogen) atoms. The van der Waals surface area contributed by atoms with E-state index in [0.29, 0.717) is 10.7 Å². The summed E-state index contributed by atoms with van der Waals surface area (Å²) >= 11 is 1.31. The van der Waals surface area contributed by atoms with Crippen molar-refractivity contribution in [2.24, 2.45) is 0 Å². The van der Waals surface area contributed by atoms with Crippen molar-refractivity contribution in [3.63, 3.8) is 0 Å². The molecule has 0 saturated heterocycles. The van der Waals surface area contributed by atoms with E-state index in [1.807, 2.05) is 49.6 Å². The van der Waals surface area contributed by atoms with Gasteiger partial charge in [-0.25, -0.2) is 0 Å². The summed E-state index contributed by atoms with van der Waals surface area (Å²) in [6.45, 7) is 12.9. The Morgan fingerprint density at radius 1 is 1.18 bits per heavy atom. The molecule has 7 heteroatoms. The minimum atomic E-state index is -0.640. The number of para-hydroxylation sites is 1. The van der Waals surface area contributed by atoms with Crippen LogP contribution < -0.4 is 5.32 Å². The molecule has 3 aromatic rings. The zero-order valence-electron chi connectivity index (χ0n) is 20.6. The molecule has 1 N–H and O–H groups in total. The number of furan rings is 1. The molecule has 0 aliphatic heterocycles. The largest absolute Gasteiger partial charge is 0.459 e. The number of rotatable bonds is 8. The Balaban J connectivity index is 1.81. The molecule has 3 rings (SSSR count). The van der Waals surface area contributed by atoms with E-state index < -0.39 is 11.6 Å². The van der Waals surface area contributed by atoms with E-state index in [1.165, 1.54) is 16.7 Å². The van der Waals surface area contributed by atoms with Crippen LogP contribution in [0.3, 0.4) is 0 Å². The van der Waals surface area contributed by atoms with Gasteiger partial charge in [-0.15, -0.1) is 11.8 Å². The van der Waals surface area contributed by atoms with Gasteiger partial charge in [0.1, 0.15) is 23.3 Å². The summed E-state index contributed by atoms with van der Waals surface area (Å²) in [5.41, 5.74) is 2.41. The molecule has 0 bridgehead atoms. The predicted molar refractivity (Wildman–Crippen MR) is 139 cm³/mol. The smallest absolute Gasteiger partial charge is 0.326 e. The second kappa shape index (κ2) is 10.4. The van der Waals surface area contributed by atoms with Gasteiger partial charge in [0.2, 0.25) is 0 Å². The highest BCUT2D eigenvalue weighted by Crippen LogP contribution is 2.31. The summed E-state index contributed by atoms with van der Waals surface area (Å²) in [7, 11) is 0. The zero-order valence-corrected chi connectivity index (χ0v) is 21.4. The van der Waals surface area contributed by atoms with Crippen molar-refractivity contribution in [2.45, 2.75) is 46.3 Å². The average molecular weight is 481 g/mol. The number of hydrogen-bond acceptors (Lipinski definition) is 6. The lowest BCUT2D eigenvalue weighted by Crippen LogP contribution is -2.40. The first kappa shape index (κ1) is 25.4. The maximum absolute atomic E-state index is 13.4. The van der Waals surface area contributed by atoms with Crippen molar-refractivity contribution in [1.82, 2.24) is 10.2 Å². The van der Waals surface area contributed by atoms with Gasteiger partial charge in [-0.2, -0.15) is 0 Å². The first-order valence-corrected chi connectivity index (χ1v) is 12.4. The molecule has 0 saturated carbocycles. The molecule has 6 nitrogen and oxygen atoms in total. The normalized spacial score (nSPS) is 13.1. The monoisotopic (exact) mass is 480 g/mol. The standard InChI is InChI=1S/C27H32N2O4S/c1-8-22(26(31)29(18(3)34-7)16-25(30)33-27(4,5)6)28-17(2)19-13-14-24-21(15-19)20-11-9-10-12-23(20)32-24/h8-15,17,28H,3,16H2,1-2,4-7H3/b22-8+/t17-/m1/s1. The van der Waals surface area contributed by atoms with Crippen molar-refractivity contribution < 1.29 is 18.7 Å². The molecular weight excluding hydrogens is 448 g/mol. The summed E-state index contributed by atoms with van der Waals surface area (Å²) in [6.07, 6.45) is 3.52. The van der Waals surface area contributed by atoms with E-state index >= 15 is 0 Å². The second-order valence-corrected chi connectivity index (χ2v) is 9.88. The molecule has 180 valence electrons. The number of amides is 1. The third kappa shape index (κ3) is 5.83. The molecule has 0 aliphatic rings. The molecule has 0 spiro atoms. The van der Waals surface area contributed by atoms with Gasteiger partial charge in [0.05, 0.1) is 10.7 Å². The summed E-state index contributed by atoms with van der Waals surface area (Å²) < 4.78 is 11.3. The third-order valence-corrected chi connectivity index (χ3v) is 5.97. The highest BCUT2D eigenvalue weighted by atomic mass is 32.2. The molecule has 1 aromatic heterocycles. The first-order valence-electron chi connectivity index (χ1n) is 11.1. The quantitative estimate of drug-likeness (QED) is 0.308. The number of nitrogens with one attached hydrogen (secondary N) is 1. The number of carbonyl (C=O) groups excluding carboxylic acids is 2. The number of allylic oxidation sites excluding steroid dienone is 1. The van der Waals surface area contributed by atoms with Gasteiger partial charge >= 0.3 is 5.97 Å². The number of ether oxygens (including phenoxy) is 1. The lowest BCUT2D eigenvalue weighted by Gasteiger charge is -2.27. The van der Waals surface area contributed by atoms with Crippen molar-refractivity contribution in [1.29, 1.82) is 0 Å². The Kier molecular flexibility index (Phi) is 7.77. The van der Waals surface area contributed by atoms with Crippen LogP contribution in [0.1, 0.15) is 46.2 Å². The fraction of sp³-hybridized carbons (Fsp3) is 0.333. The van der Waals surface area contributed by atoms with Gasteiger partial charge in [-0.05, 0) is 64.6 Å². The van der Waals surface area contributed by atoms with Gasteiger partial charge < -0.3 is 14.5 Å². The van der Waals surface area contributed by atoms with Crippen LogP contribution >= 0.6 is 11.8 Å².